The maximum Gasteiger partial charge on any atom is 0.254 e. The van der Waals surface area contributed by atoms with Crippen LogP contribution in [0.4, 0.5) is 0 Å². The Labute approximate surface area is 164 Å². The molecular formula is C18H23Cl2N3OS. The minimum Gasteiger partial charge on any atom is -0.331 e. The standard InChI is InChI=1S/C18H21N3OS.2ClH/c1-12-20-17(11-23-12)13-3-2-4-14(9-13)18(22)21-15-5-6-16(21)10-19-8-7-15;;/h2-4,9,11,15-16,19H,5-8,10H2,1H3;2*1H. The number of aromatic nitrogens is 1. The van der Waals surface area contributed by atoms with Gasteiger partial charge in [0.2, 0.25) is 0 Å². The van der Waals surface area contributed by atoms with Crippen molar-refractivity contribution in [3.63, 3.8) is 0 Å². The van der Waals surface area contributed by atoms with E-state index >= 15 is 0 Å². The van der Waals surface area contributed by atoms with Crippen LogP contribution in [0.25, 0.3) is 11.3 Å². The van der Waals surface area contributed by atoms with Gasteiger partial charge < -0.3 is 10.2 Å². The molecule has 1 aromatic heterocycles. The summed E-state index contributed by atoms with van der Waals surface area (Å²) in [5, 5.41) is 6.56. The molecule has 0 saturated carbocycles. The molecule has 3 heterocycles. The molecule has 2 aliphatic rings. The van der Waals surface area contributed by atoms with E-state index in [4.69, 9.17) is 0 Å². The lowest BCUT2D eigenvalue weighted by atomic mass is 10.1. The number of thiazole rings is 1. The molecule has 1 aromatic carbocycles. The van der Waals surface area contributed by atoms with Gasteiger partial charge in [-0.05, 0) is 44.9 Å². The molecule has 1 N–H and O–H groups in total. The molecule has 0 spiro atoms. The zero-order valence-electron chi connectivity index (χ0n) is 14.1. The van der Waals surface area contributed by atoms with Gasteiger partial charge in [-0.2, -0.15) is 0 Å². The van der Waals surface area contributed by atoms with E-state index in [-0.39, 0.29) is 30.7 Å². The Balaban J connectivity index is 0.00000113. The van der Waals surface area contributed by atoms with Crippen LogP contribution in [-0.4, -0.2) is 41.0 Å². The first kappa shape index (κ1) is 20.2. The van der Waals surface area contributed by atoms with E-state index in [0.717, 1.165) is 54.2 Å². The number of nitrogens with one attached hydrogen (secondary N) is 1. The average Bonchev–Trinajstić information content (AvgIpc) is 3.09. The van der Waals surface area contributed by atoms with Crippen molar-refractivity contribution in [1.82, 2.24) is 15.2 Å². The summed E-state index contributed by atoms with van der Waals surface area (Å²) in [6.07, 6.45) is 3.32. The molecule has 2 fully saturated rings. The fraction of sp³-hybridized carbons (Fsp3) is 0.444. The van der Waals surface area contributed by atoms with Gasteiger partial charge in [0.25, 0.3) is 5.91 Å². The Kier molecular flexibility index (Phi) is 6.86. The highest BCUT2D eigenvalue weighted by molar-refractivity contribution is 7.09. The highest BCUT2D eigenvalue weighted by Crippen LogP contribution is 2.30. The fourth-order valence-electron chi connectivity index (χ4n) is 3.77. The van der Waals surface area contributed by atoms with Crippen molar-refractivity contribution in [2.45, 2.75) is 38.3 Å². The van der Waals surface area contributed by atoms with Crippen molar-refractivity contribution in [2.75, 3.05) is 13.1 Å². The van der Waals surface area contributed by atoms with Gasteiger partial charge in [0.05, 0.1) is 10.7 Å². The number of fused-ring (bicyclic) bond motifs is 2. The number of nitrogens with zero attached hydrogens (tertiary/aromatic N) is 2. The third-order valence-corrected chi connectivity index (χ3v) is 5.69. The van der Waals surface area contributed by atoms with E-state index in [0.29, 0.717) is 12.1 Å². The number of carbonyl (C=O) groups is 1. The predicted molar refractivity (Wildman–Crippen MR) is 107 cm³/mol. The topological polar surface area (TPSA) is 45.2 Å². The summed E-state index contributed by atoms with van der Waals surface area (Å²) in [5.74, 6) is 0.176. The largest absolute Gasteiger partial charge is 0.331 e. The molecule has 4 nitrogen and oxygen atoms in total. The molecule has 136 valence electrons. The first-order valence-electron chi connectivity index (χ1n) is 8.28. The average molecular weight is 400 g/mol. The van der Waals surface area contributed by atoms with E-state index < -0.39 is 0 Å². The second-order valence-electron chi connectivity index (χ2n) is 6.42. The summed E-state index contributed by atoms with van der Waals surface area (Å²) >= 11 is 1.64. The van der Waals surface area contributed by atoms with Gasteiger partial charge in [-0.3, -0.25) is 4.79 Å². The number of amides is 1. The Morgan fingerprint density at radius 3 is 2.80 bits per heavy atom. The van der Waals surface area contributed by atoms with Gasteiger partial charge in [0, 0.05) is 35.1 Å². The van der Waals surface area contributed by atoms with Gasteiger partial charge in [-0.1, -0.05) is 12.1 Å². The first-order chi connectivity index (χ1) is 11.2. The molecule has 2 aromatic rings. The summed E-state index contributed by atoms with van der Waals surface area (Å²) in [4.78, 5) is 19.7. The highest BCUT2D eigenvalue weighted by Gasteiger charge is 2.38. The van der Waals surface area contributed by atoms with Crippen molar-refractivity contribution in [2.24, 2.45) is 0 Å². The van der Waals surface area contributed by atoms with Crippen molar-refractivity contribution in [1.29, 1.82) is 0 Å². The van der Waals surface area contributed by atoms with Gasteiger partial charge in [0.1, 0.15) is 0 Å². The third kappa shape index (κ3) is 4.00. The molecule has 2 atom stereocenters. The molecule has 1 amide bonds. The van der Waals surface area contributed by atoms with Crippen LogP contribution in [0.2, 0.25) is 0 Å². The molecule has 2 bridgehead atoms. The molecule has 2 saturated heterocycles. The maximum absolute atomic E-state index is 13.1. The smallest absolute Gasteiger partial charge is 0.254 e. The van der Waals surface area contributed by atoms with Crippen LogP contribution in [0.15, 0.2) is 29.6 Å². The minimum absolute atomic E-state index is 0. The predicted octanol–water partition coefficient (Wildman–Crippen LogP) is 3.93. The van der Waals surface area contributed by atoms with E-state index in [1.165, 1.54) is 0 Å². The van der Waals surface area contributed by atoms with Crippen LogP contribution in [0.1, 0.15) is 34.6 Å². The first-order valence-corrected chi connectivity index (χ1v) is 9.16. The Morgan fingerprint density at radius 1 is 1.24 bits per heavy atom. The van der Waals surface area contributed by atoms with E-state index in [9.17, 15) is 4.79 Å². The molecule has 0 radical (unpaired) electrons. The number of hydrogen-bond donors (Lipinski definition) is 1. The minimum atomic E-state index is 0. The molecule has 25 heavy (non-hydrogen) atoms. The summed E-state index contributed by atoms with van der Waals surface area (Å²) in [7, 11) is 0. The quantitative estimate of drug-likeness (QED) is 0.831. The lowest BCUT2D eigenvalue weighted by Gasteiger charge is -2.28. The molecule has 2 unspecified atom stereocenters. The van der Waals surface area contributed by atoms with Gasteiger partial charge in [-0.25, -0.2) is 4.98 Å². The number of benzene rings is 1. The number of hydrogen-bond acceptors (Lipinski definition) is 4. The zero-order valence-corrected chi connectivity index (χ0v) is 16.6. The second kappa shape index (κ2) is 8.49. The van der Waals surface area contributed by atoms with Gasteiger partial charge >= 0.3 is 0 Å². The lowest BCUT2D eigenvalue weighted by Crippen LogP contribution is -2.42. The molecule has 0 aliphatic carbocycles. The number of carbonyl (C=O) groups excluding carboxylic acids is 1. The summed E-state index contributed by atoms with van der Waals surface area (Å²) in [5.41, 5.74) is 2.77. The lowest BCUT2D eigenvalue weighted by molar-refractivity contribution is 0.0680. The van der Waals surface area contributed by atoms with Crippen molar-refractivity contribution in [3.05, 3.63) is 40.2 Å². The van der Waals surface area contributed by atoms with Crippen molar-refractivity contribution in [3.8, 4) is 11.3 Å². The van der Waals surface area contributed by atoms with Crippen LogP contribution in [-0.2, 0) is 0 Å². The van der Waals surface area contributed by atoms with Crippen LogP contribution >= 0.6 is 36.2 Å². The second-order valence-corrected chi connectivity index (χ2v) is 7.49. The van der Waals surface area contributed by atoms with Crippen molar-refractivity contribution < 1.29 is 4.79 Å². The van der Waals surface area contributed by atoms with Crippen LogP contribution in [0, 0.1) is 6.92 Å². The summed E-state index contributed by atoms with van der Waals surface area (Å²) < 4.78 is 0. The van der Waals surface area contributed by atoms with Gasteiger partial charge in [-0.15, -0.1) is 36.2 Å². The zero-order chi connectivity index (χ0) is 15.8. The third-order valence-electron chi connectivity index (χ3n) is 4.91. The van der Waals surface area contributed by atoms with E-state index in [1.54, 1.807) is 11.3 Å². The number of rotatable bonds is 2. The molecule has 7 heteroatoms. The Morgan fingerprint density at radius 2 is 2.04 bits per heavy atom. The molecule has 2 aliphatic heterocycles. The SMILES string of the molecule is Cc1nc(-c2cccc(C(=O)N3C4CCNCC3CC4)c2)cs1.Cl.Cl. The van der Waals surface area contributed by atoms with E-state index in [1.807, 2.05) is 31.2 Å². The Hall–Kier alpha value is -1.14. The Bertz CT molecular complexity index is 723. The highest BCUT2D eigenvalue weighted by atomic mass is 35.5. The fourth-order valence-corrected chi connectivity index (χ4v) is 4.39. The number of halogens is 2. The monoisotopic (exact) mass is 399 g/mol. The summed E-state index contributed by atoms with van der Waals surface area (Å²) in [6, 6.07) is 8.67. The van der Waals surface area contributed by atoms with Crippen molar-refractivity contribution >= 4 is 42.1 Å². The van der Waals surface area contributed by atoms with Gasteiger partial charge in [0.15, 0.2) is 0 Å². The normalized spacial score (nSPS) is 21.9. The van der Waals surface area contributed by atoms with Crippen LogP contribution < -0.4 is 5.32 Å². The summed E-state index contributed by atoms with van der Waals surface area (Å²) in [6.45, 7) is 3.95. The molecule has 4 rings (SSSR count). The number of aryl methyl sites for hydroxylation is 1. The van der Waals surface area contributed by atoms with E-state index in [2.05, 4.69) is 20.6 Å². The molecular weight excluding hydrogens is 377 g/mol. The maximum atomic E-state index is 13.1. The van der Waals surface area contributed by atoms with Crippen LogP contribution in [0.3, 0.4) is 0 Å². The van der Waals surface area contributed by atoms with Crippen LogP contribution in [0.5, 0.6) is 0 Å².